The van der Waals surface area contributed by atoms with Crippen LogP contribution in [0.1, 0.15) is 24.2 Å². The molecule has 1 amide bonds. The number of anilines is 1. The molecule has 8 heteroatoms. The van der Waals surface area contributed by atoms with Crippen LogP contribution >= 0.6 is 0 Å². The zero-order valence-electron chi connectivity index (χ0n) is 17.1. The number of hydrogen-bond acceptors (Lipinski definition) is 5. The largest absolute Gasteiger partial charge is 0.462 e. The Bertz CT molecular complexity index is 1190. The van der Waals surface area contributed by atoms with E-state index in [9.17, 15) is 9.18 Å². The van der Waals surface area contributed by atoms with Crippen molar-refractivity contribution in [3.05, 3.63) is 78.3 Å². The first kappa shape index (κ1) is 20.3. The Morgan fingerprint density at radius 3 is 2.74 bits per heavy atom. The van der Waals surface area contributed by atoms with Crippen LogP contribution in [0.5, 0.6) is 6.01 Å². The molecule has 158 valence electrons. The van der Waals surface area contributed by atoms with Crippen LogP contribution in [-0.2, 0) is 0 Å². The molecule has 0 fully saturated rings. The molecule has 31 heavy (non-hydrogen) atoms. The average molecular weight is 420 g/mol. The molecule has 0 atom stereocenters. The van der Waals surface area contributed by atoms with E-state index >= 15 is 0 Å². The molecule has 1 N–H and O–H groups in total. The predicted molar refractivity (Wildman–Crippen MR) is 114 cm³/mol. The lowest BCUT2D eigenvalue weighted by Gasteiger charge is -2.09. The van der Waals surface area contributed by atoms with E-state index in [4.69, 9.17) is 9.15 Å². The number of nitrogens with one attached hydrogen (secondary N) is 1. The van der Waals surface area contributed by atoms with Crippen molar-refractivity contribution in [1.82, 2.24) is 14.8 Å². The summed E-state index contributed by atoms with van der Waals surface area (Å²) in [4.78, 5) is 16.9. The van der Waals surface area contributed by atoms with Crippen LogP contribution in [0.2, 0.25) is 0 Å². The minimum atomic E-state index is -0.584. The van der Waals surface area contributed by atoms with Crippen molar-refractivity contribution in [2.24, 2.45) is 5.92 Å². The summed E-state index contributed by atoms with van der Waals surface area (Å²) in [6, 6.07) is 16.6. The maximum Gasteiger partial charge on any atom is 0.336 e. The highest BCUT2D eigenvalue weighted by Gasteiger charge is 2.18. The molecule has 2 heterocycles. The molecule has 4 aromatic rings. The zero-order valence-corrected chi connectivity index (χ0v) is 17.1. The number of furan rings is 1. The van der Waals surface area contributed by atoms with Crippen LogP contribution in [0.4, 0.5) is 10.1 Å². The Morgan fingerprint density at radius 1 is 1.16 bits per heavy atom. The van der Waals surface area contributed by atoms with Gasteiger partial charge in [0.15, 0.2) is 5.76 Å². The number of hydrogen-bond donors (Lipinski definition) is 1. The van der Waals surface area contributed by atoms with E-state index < -0.39 is 11.7 Å². The number of amides is 1. The first-order valence-electron chi connectivity index (χ1n) is 9.81. The topological polar surface area (TPSA) is 82.2 Å². The van der Waals surface area contributed by atoms with E-state index in [1.807, 2.05) is 19.9 Å². The second-order valence-electron chi connectivity index (χ2n) is 7.30. The lowest BCUT2D eigenvalue weighted by Crippen LogP contribution is -2.14. The highest BCUT2D eigenvalue weighted by atomic mass is 19.1. The summed E-state index contributed by atoms with van der Waals surface area (Å²) < 4.78 is 26.7. The molecule has 4 rings (SSSR count). The van der Waals surface area contributed by atoms with Crippen molar-refractivity contribution in [2.45, 2.75) is 13.8 Å². The molecule has 0 saturated carbocycles. The smallest absolute Gasteiger partial charge is 0.336 e. The maximum atomic E-state index is 13.9. The third-order valence-electron chi connectivity index (χ3n) is 4.34. The van der Waals surface area contributed by atoms with Crippen molar-refractivity contribution >= 4 is 11.6 Å². The Hall–Kier alpha value is -3.94. The molecule has 0 aliphatic rings. The van der Waals surface area contributed by atoms with E-state index in [-0.39, 0.29) is 11.6 Å². The Labute approximate surface area is 178 Å². The van der Waals surface area contributed by atoms with Gasteiger partial charge in [-0.2, -0.15) is 4.98 Å². The summed E-state index contributed by atoms with van der Waals surface area (Å²) in [6.45, 7) is 4.54. The summed E-state index contributed by atoms with van der Waals surface area (Å²) in [5.74, 6) is 0.172. The SMILES string of the molecule is CC(C)COc1nc(-c2ccco2)n(-c2cccc(NC(=O)c3ccccc3F)c2)n1. The van der Waals surface area contributed by atoms with Crippen LogP contribution < -0.4 is 10.1 Å². The summed E-state index contributed by atoms with van der Waals surface area (Å²) in [6.07, 6.45) is 1.55. The zero-order chi connectivity index (χ0) is 21.8. The van der Waals surface area contributed by atoms with Gasteiger partial charge in [-0.05, 0) is 48.4 Å². The standard InChI is InChI=1S/C23H21FN4O3/c1-15(2)14-31-23-26-21(20-11-6-12-30-20)28(27-23)17-8-5-7-16(13-17)25-22(29)18-9-3-4-10-19(18)24/h3-13,15H,14H2,1-2H3,(H,25,29). The maximum absolute atomic E-state index is 13.9. The molecule has 0 spiro atoms. The summed E-state index contributed by atoms with van der Waals surface area (Å²) in [5, 5.41) is 7.17. The van der Waals surface area contributed by atoms with Crippen LogP contribution in [0.25, 0.3) is 17.3 Å². The minimum Gasteiger partial charge on any atom is -0.462 e. The first-order valence-corrected chi connectivity index (χ1v) is 9.81. The van der Waals surface area contributed by atoms with E-state index in [0.29, 0.717) is 35.5 Å². The van der Waals surface area contributed by atoms with Crippen LogP contribution in [0, 0.1) is 11.7 Å². The number of aromatic nitrogens is 3. The molecule has 0 saturated heterocycles. The molecule has 2 aromatic heterocycles. The number of nitrogens with zero attached hydrogens (tertiary/aromatic N) is 3. The third kappa shape index (κ3) is 4.63. The molecule has 2 aromatic carbocycles. The molecule has 0 bridgehead atoms. The fourth-order valence-corrected chi connectivity index (χ4v) is 2.90. The number of carbonyl (C=O) groups is 1. The van der Waals surface area contributed by atoms with Crippen LogP contribution in [-0.4, -0.2) is 27.3 Å². The number of ether oxygens (including phenoxy) is 1. The van der Waals surface area contributed by atoms with Gasteiger partial charge in [0.05, 0.1) is 24.1 Å². The van der Waals surface area contributed by atoms with Gasteiger partial charge in [0.1, 0.15) is 5.82 Å². The second kappa shape index (κ2) is 8.83. The van der Waals surface area contributed by atoms with E-state index in [1.54, 1.807) is 47.3 Å². The first-order chi connectivity index (χ1) is 15.0. The average Bonchev–Trinajstić information content (AvgIpc) is 3.42. The molecular weight excluding hydrogens is 399 g/mol. The van der Waals surface area contributed by atoms with Gasteiger partial charge in [-0.25, -0.2) is 9.07 Å². The molecule has 0 aliphatic carbocycles. The van der Waals surface area contributed by atoms with Gasteiger partial charge in [-0.1, -0.05) is 32.0 Å². The van der Waals surface area contributed by atoms with Gasteiger partial charge in [0.2, 0.25) is 5.82 Å². The minimum absolute atomic E-state index is 0.0331. The fourth-order valence-electron chi connectivity index (χ4n) is 2.90. The van der Waals surface area contributed by atoms with Crippen molar-refractivity contribution in [2.75, 3.05) is 11.9 Å². The number of halogens is 1. The van der Waals surface area contributed by atoms with Crippen LogP contribution in [0.3, 0.4) is 0 Å². The molecule has 0 unspecified atom stereocenters. The van der Waals surface area contributed by atoms with Crippen molar-refractivity contribution in [3.8, 4) is 23.3 Å². The van der Waals surface area contributed by atoms with Gasteiger partial charge in [0.25, 0.3) is 5.91 Å². The lowest BCUT2D eigenvalue weighted by atomic mass is 10.2. The molecule has 0 aliphatic heterocycles. The fraction of sp³-hybridized carbons (Fsp3) is 0.174. The molecule has 0 radical (unpaired) electrons. The number of benzene rings is 2. The lowest BCUT2D eigenvalue weighted by molar-refractivity contribution is 0.102. The van der Waals surface area contributed by atoms with E-state index in [1.165, 1.54) is 18.2 Å². The Morgan fingerprint density at radius 2 is 2.00 bits per heavy atom. The highest BCUT2D eigenvalue weighted by Crippen LogP contribution is 2.25. The quantitative estimate of drug-likeness (QED) is 0.457. The molecular formula is C23H21FN4O3. The predicted octanol–water partition coefficient (Wildman–Crippen LogP) is 4.95. The van der Waals surface area contributed by atoms with Gasteiger partial charge in [0, 0.05) is 5.69 Å². The Balaban J connectivity index is 1.65. The number of carbonyl (C=O) groups excluding carboxylic acids is 1. The van der Waals surface area contributed by atoms with Crippen molar-refractivity contribution in [1.29, 1.82) is 0 Å². The van der Waals surface area contributed by atoms with E-state index in [2.05, 4.69) is 15.4 Å². The van der Waals surface area contributed by atoms with Crippen LogP contribution in [0.15, 0.2) is 71.3 Å². The third-order valence-corrected chi connectivity index (χ3v) is 4.34. The van der Waals surface area contributed by atoms with Gasteiger partial charge < -0.3 is 14.5 Å². The number of rotatable bonds is 7. The summed E-state index contributed by atoms with van der Waals surface area (Å²) >= 11 is 0. The Kier molecular flexibility index (Phi) is 5.79. The normalized spacial score (nSPS) is 11.0. The van der Waals surface area contributed by atoms with Crippen molar-refractivity contribution < 1.29 is 18.3 Å². The second-order valence-corrected chi connectivity index (χ2v) is 7.30. The summed E-state index contributed by atoms with van der Waals surface area (Å²) in [7, 11) is 0. The van der Waals surface area contributed by atoms with Gasteiger partial charge in [-0.3, -0.25) is 4.79 Å². The van der Waals surface area contributed by atoms with Gasteiger partial charge >= 0.3 is 6.01 Å². The summed E-state index contributed by atoms with van der Waals surface area (Å²) in [5.41, 5.74) is 1.08. The monoisotopic (exact) mass is 420 g/mol. The van der Waals surface area contributed by atoms with Gasteiger partial charge in [-0.15, -0.1) is 5.10 Å². The highest BCUT2D eigenvalue weighted by molar-refractivity contribution is 6.04. The molecule has 7 nitrogen and oxygen atoms in total. The van der Waals surface area contributed by atoms with Crippen molar-refractivity contribution in [3.63, 3.8) is 0 Å². The van der Waals surface area contributed by atoms with E-state index in [0.717, 1.165) is 0 Å².